The van der Waals surface area contributed by atoms with E-state index in [0.717, 1.165) is 23.8 Å². The molecular formula is C24H28B3F4N5O3S. The summed E-state index contributed by atoms with van der Waals surface area (Å²) in [7, 11) is 6.38. The van der Waals surface area contributed by atoms with Gasteiger partial charge in [-0.3, -0.25) is 4.79 Å². The number of carbonyl (C=O) groups is 1. The van der Waals surface area contributed by atoms with Gasteiger partial charge in [-0.1, -0.05) is 5.24 Å². The first-order valence-corrected chi connectivity index (χ1v) is 13.5. The minimum atomic E-state index is -4.69. The van der Waals surface area contributed by atoms with Crippen molar-refractivity contribution in [2.45, 2.75) is 37.4 Å². The van der Waals surface area contributed by atoms with Crippen LogP contribution < -0.4 is 10.1 Å². The zero-order valence-electron chi connectivity index (χ0n) is 22.8. The number of nitrogens with one attached hydrogen (secondary N) is 1. The number of halogens is 4. The summed E-state index contributed by atoms with van der Waals surface area (Å²) >= 11 is 1.27. The predicted molar refractivity (Wildman–Crippen MR) is 150 cm³/mol. The van der Waals surface area contributed by atoms with Gasteiger partial charge in [0.2, 0.25) is 5.82 Å². The van der Waals surface area contributed by atoms with Crippen LogP contribution in [0, 0.1) is 12.7 Å². The molecule has 0 radical (unpaired) electrons. The zero-order chi connectivity index (χ0) is 29.2. The zero-order valence-corrected chi connectivity index (χ0v) is 23.6. The number of morpholine rings is 1. The van der Waals surface area contributed by atoms with Crippen LogP contribution in [0.4, 0.5) is 17.6 Å². The number of hydrogen-bond donors (Lipinski definition) is 1. The van der Waals surface area contributed by atoms with Crippen LogP contribution in [0.5, 0.6) is 5.75 Å². The number of aromatic nitrogens is 3. The van der Waals surface area contributed by atoms with Crippen LogP contribution in [0.15, 0.2) is 30.7 Å². The monoisotopic (exact) mass is 575 g/mol. The van der Waals surface area contributed by atoms with Gasteiger partial charge in [0.25, 0.3) is 5.91 Å². The second kappa shape index (κ2) is 11.9. The van der Waals surface area contributed by atoms with Gasteiger partial charge < -0.3 is 19.7 Å². The summed E-state index contributed by atoms with van der Waals surface area (Å²) in [4.78, 5) is 27.3. The minimum Gasteiger partial charge on any atom is -0.491 e. The van der Waals surface area contributed by atoms with Crippen molar-refractivity contribution in [1.29, 1.82) is 0 Å². The lowest BCUT2D eigenvalue weighted by Gasteiger charge is -2.41. The topological polar surface area (TPSA) is 89.5 Å². The summed E-state index contributed by atoms with van der Waals surface area (Å²) in [6.07, 6.45) is -1.35. The molecule has 2 atom stereocenters. The second-order valence-electron chi connectivity index (χ2n) is 10.6. The Morgan fingerprint density at radius 2 is 1.93 bits per heavy atom. The van der Waals surface area contributed by atoms with Crippen LogP contribution in [0.1, 0.15) is 39.6 Å². The molecule has 16 heteroatoms. The van der Waals surface area contributed by atoms with Crippen LogP contribution in [0.3, 0.4) is 0 Å². The standard InChI is InChI=1S/C24H28B3F4N5O3S/c1-12-7-32-21(40-12)18-6-15(39-11-16-10-36(3-4-38-16)24(25,26)27)5-17(19(18)28)20(37)35-13(2)14-8-33-22(34-9-14)23(29,30)31/h5-9,13,16H,3-4,10-11,25-27H2,1-2H3,(H,35,37)/t13-,16-/m1/s1. The first-order valence-electron chi connectivity index (χ1n) is 12.7. The number of amides is 1. The third-order valence-electron chi connectivity index (χ3n) is 6.44. The Balaban J connectivity index is 1.56. The summed E-state index contributed by atoms with van der Waals surface area (Å²) < 4.78 is 66.0. The molecule has 1 fully saturated rings. The van der Waals surface area contributed by atoms with Crippen molar-refractivity contribution in [3.8, 4) is 16.3 Å². The lowest BCUT2D eigenvalue weighted by Crippen LogP contribution is -2.58. The van der Waals surface area contributed by atoms with Crippen molar-refractivity contribution in [3.05, 3.63) is 58.4 Å². The molecule has 1 saturated heterocycles. The van der Waals surface area contributed by atoms with Crippen LogP contribution in [0.2, 0.25) is 0 Å². The Kier molecular flexibility index (Phi) is 8.91. The van der Waals surface area contributed by atoms with E-state index in [1.807, 2.05) is 6.92 Å². The van der Waals surface area contributed by atoms with Gasteiger partial charge in [-0.05, 0) is 26.0 Å². The molecule has 3 heterocycles. The SMILES string of the molecule is BC(B)(B)N1CCO[C@@H](COc2cc(C(=O)N[C@H](C)c3cnc(C(F)(F)F)nc3)c(F)c(-c3ncc(C)s3)c2)C1. The van der Waals surface area contributed by atoms with Gasteiger partial charge in [0, 0.05) is 42.1 Å². The third-order valence-corrected chi connectivity index (χ3v) is 7.38. The van der Waals surface area contributed by atoms with Crippen molar-refractivity contribution in [2.75, 3.05) is 26.3 Å². The van der Waals surface area contributed by atoms with Gasteiger partial charge in [0.1, 0.15) is 52.8 Å². The molecule has 1 aliphatic rings. The molecule has 0 unspecified atom stereocenters. The Labute approximate surface area is 236 Å². The summed E-state index contributed by atoms with van der Waals surface area (Å²) in [5.74, 6) is -2.60. The van der Waals surface area contributed by atoms with Crippen LogP contribution in [-0.4, -0.2) is 86.9 Å². The van der Waals surface area contributed by atoms with Crippen molar-refractivity contribution >= 4 is 40.8 Å². The van der Waals surface area contributed by atoms with E-state index in [-0.39, 0.29) is 40.4 Å². The molecule has 8 nitrogen and oxygen atoms in total. The maximum Gasteiger partial charge on any atom is 0.451 e. The first-order chi connectivity index (χ1) is 18.7. The fourth-order valence-electron chi connectivity index (χ4n) is 4.17. The highest BCUT2D eigenvalue weighted by atomic mass is 32.1. The van der Waals surface area contributed by atoms with Crippen LogP contribution in [-0.2, 0) is 10.9 Å². The number of thiazole rings is 1. The molecule has 3 aromatic rings. The fraction of sp³-hybridized carbons (Fsp3) is 0.417. The number of nitrogens with zero attached hydrogens (tertiary/aromatic N) is 4. The van der Waals surface area contributed by atoms with E-state index >= 15 is 4.39 Å². The quantitative estimate of drug-likeness (QED) is 0.319. The molecule has 1 aromatic carbocycles. The highest BCUT2D eigenvalue weighted by Crippen LogP contribution is 2.33. The summed E-state index contributed by atoms with van der Waals surface area (Å²) in [6.45, 7) is 5.57. The van der Waals surface area contributed by atoms with E-state index in [9.17, 15) is 18.0 Å². The minimum absolute atomic E-state index is 0.0339. The van der Waals surface area contributed by atoms with Crippen molar-refractivity contribution in [3.63, 3.8) is 0 Å². The molecular weight excluding hydrogens is 547 g/mol. The smallest absolute Gasteiger partial charge is 0.451 e. The van der Waals surface area contributed by atoms with E-state index in [1.54, 1.807) is 6.20 Å². The lowest BCUT2D eigenvalue weighted by molar-refractivity contribution is -0.145. The molecule has 40 heavy (non-hydrogen) atoms. The largest absolute Gasteiger partial charge is 0.491 e. The van der Waals surface area contributed by atoms with Gasteiger partial charge in [-0.25, -0.2) is 19.3 Å². The molecule has 0 spiro atoms. The van der Waals surface area contributed by atoms with Crippen molar-refractivity contribution in [2.24, 2.45) is 0 Å². The molecule has 4 rings (SSSR count). The number of alkyl halides is 3. The van der Waals surface area contributed by atoms with Crippen LogP contribution in [0.25, 0.3) is 10.6 Å². The van der Waals surface area contributed by atoms with Crippen molar-refractivity contribution in [1.82, 2.24) is 25.2 Å². The van der Waals surface area contributed by atoms with Gasteiger partial charge in [-0.2, -0.15) is 13.2 Å². The van der Waals surface area contributed by atoms with Crippen LogP contribution >= 0.6 is 11.3 Å². The Morgan fingerprint density at radius 1 is 1.23 bits per heavy atom. The number of hydrogen-bond acceptors (Lipinski definition) is 8. The van der Waals surface area contributed by atoms with E-state index in [2.05, 4.69) is 48.7 Å². The van der Waals surface area contributed by atoms with E-state index in [0.29, 0.717) is 18.2 Å². The highest BCUT2D eigenvalue weighted by molar-refractivity contribution is 7.14. The summed E-state index contributed by atoms with van der Waals surface area (Å²) in [5.41, 5.74) is 0.0378. The molecule has 210 valence electrons. The highest BCUT2D eigenvalue weighted by Gasteiger charge is 2.34. The number of rotatable bonds is 8. The molecule has 0 bridgehead atoms. The maximum absolute atomic E-state index is 15.7. The van der Waals surface area contributed by atoms with Gasteiger partial charge >= 0.3 is 6.18 Å². The Morgan fingerprint density at radius 3 is 2.52 bits per heavy atom. The number of ether oxygens (including phenoxy) is 2. The molecule has 1 amide bonds. The number of aryl methyl sites for hydroxylation is 1. The molecule has 0 aliphatic carbocycles. The van der Waals surface area contributed by atoms with Gasteiger partial charge in [-0.15, -0.1) is 11.3 Å². The second-order valence-corrected chi connectivity index (χ2v) is 11.8. The first kappa shape index (κ1) is 30.0. The van der Waals surface area contributed by atoms with E-state index < -0.39 is 29.8 Å². The average Bonchev–Trinajstić information content (AvgIpc) is 3.33. The summed E-state index contributed by atoms with van der Waals surface area (Å²) in [6, 6.07) is 2.00. The Bertz CT molecular complexity index is 1360. The molecule has 2 aromatic heterocycles. The van der Waals surface area contributed by atoms with E-state index in [1.165, 1.54) is 30.4 Å². The van der Waals surface area contributed by atoms with Gasteiger partial charge in [0.15, 0.2) is 0 Å². The predicted octanol–water partition coefficient (Wildman–Crippen LogP) is 1.15. The summed E-state index contributed by atoms with van der Waals surface area (Å²) in [5, 5.41) is 2.95. The maximum atomic E-state index is 15.7. The fourth-order valence-corrected chi connectivity index (χ4v) is 4.94. The molecule has 1 N–H and O–H groups in total. The molecule has 0 saturated carbocycles. The molecule has 1 aliphatic heterocycles. The third kappa shape index (κ3) is 7.21. The Hall–Kier alpha value is -2.97. The number of benzene rings is 1. The lowest BCUT2D eigenvalue weighted by atomic mass is 9.48. The normalized spacial score (nSPS) is 17.4. The number of carbonyl (C=O) groups excluding carboxylic acids is 1. The van der Waals surface area contributed by atoms with Crippen molar-refractivity contribution < 1.29 is 31.8 Å². The average molecular weight is 575 g/mol. The van der Waals surface area contributed by atoms with Gasteiger partial charge in [0.05, 0.1) is 23.8 Å². The van der Waals surface area contributed by atoms with E-state index in [4.69, 9.17) is 9.47 Å².